The first-order chi connectivity index (χ1) is 12.6. The Morgan fingerprint density at radius 1 is 1.35 bits per heavy atom. The number of hydrogen-bond acceptors (Lipinski definition) is 6. The molecule has 0 aromatic carbocycles. The lowest BCUT2D eigenvalue weighted by Gasteiger charge is -2.23. The molecule has 3 rings (SSSR count). The van der Waals surface area contributed by atoms with Crippen LogP contribution in [0.25, 0.3) is 0 Å². The summed E-state index contributed by atoms with van der Waals surface area (Å²) in [6.45, 7) is 4.99. The smallest absolute Gasteiger partial charge is 0.341 e. The molecule has 0 radical (unpaired) electrons. The Bertz CT molecular complexity index is 634. The average molecular weight is 381 g/mol. The summed E-state index contributed by atoms with van der Waals surface area (Å²) in [6, 6.07) is 0. The Labute approximate surface area is 158 Å². The standard InChI is InChI=1S/C19H27NO5S/c1-3-23-19(22)16-15(13-7-8-13)11-26-18(16)20-17(21)12(2)25-10-14-6-4-5-9-24-14/h11-14H,3-10H2,1-2H3,(H,20,21). The summed E-state index contributed by atoms with van der Waals surface area (Å²) in [7, 11) is 0. The summed E-state index contributed by atoms with van der Waals surface area (Å²) in [5.74, 6) is -0.209. The largest absolute Gasteiger partial charge is 0.462 e. The van der Waals surface area contributed by atoms with Gasteiger partial charge in [0.05, 0.1) is 24.9 Å². The van der Waals surface area contributed by atoms with Crippen LogP contribution in [0.5, 0.6) is 0 Å². The summed E-state index contributed by atoms with van der Waals surface area (Å²) in [6.07, 6.45) is 4.81. The molecule has 2 fully saturated rings. The minimum absolute atomic E-state index is 0.0669. The van der Waals surface area contributed by atoms with Crippen LogP contribution in [0.2, 0.25) is 0 Å². The van der Waals surface area contributed by atoms with Crippen LogP contribution in [0, 0.1) is 0 Å². The van der Waals surface area contributed by atoms with Gasteiger partial charge in [-0.25, -0.2) is 4.79 Å². The van der Waals surface area contributed by atoms with E-state index < -0.39 is 6.10 Å². The van der Waals surface area contributed by atoms with Crippen LogP contribution < -0.4 is 5.32 Å². The first-order valence-electron chi connectivity index (χ1n) is 9.42. The van der Waals surface area contributed by atoms with Crippen molar-refractivity contribution in [1.82, 2.24) is 0 Å². The van der Waals surface area contributed by atoms with Gasteiger partial charge in [0.2, 0.25) is 0 Å². The minimum atomic E-state index is -0.609. The maximum absolute atomic E-state index is 12.5. The lowest BCUT2D eigenvalue weighted by Crippen LogP contribution is -2.32. The van der Waals surface area contributed by atoms with Gasteiger partial charge in [-0.1, -0.05) is 0 Å². The quantitative estimate of drug-likeness (QED) is 0.695. The zero-order chi connectivity index (χ0) is 18.5. The molecule has 1 aliphatic heterocycles. The lowest BCUT2D eigenvalue weighted by atomic mass is 10.1. The van der Waals surface area contributed by atoms with Crippen LogP contribution in [0.4, 0.5) is 5.00 Å². The number of esters is 1. The van der Waals surface area contributed by atoms with Gasteiger partial charge in [-0.2, -0.15) is 0 Å². The van der Waals surface area contributed by atoms with E-state index in [1.165, 1.54) is 11.3 Å². The fourth-order valence-corrected chi connectivity index (χ4v) is 4.09. The number of anilines is 1. The van der Waals surface area contributed by atoms with Crippen molar-refractivity contribution in [2.75, 3.05) is 25.1 Å². The van der Waals surface area contributed by atoms with E-state index >= 15 is 0 Å². The Morgan fingerprint density at radius 2 is 2.15 bits per heavy atom. The average Bonchev–Trinajstić information content (AvgIpc) is 3.41. The number of thiophene rings is 1. The van der Waals surface area contributed by atoms with E-state index in [1.54, 1.807) is 13.8 Å². The monoisotopic (exact) mass is 381 g/mol. The third kappa shape index (κ3) is 4.84. The van der Waals surface area contributed by atoms with Gasteiger partial charge < -0.3 is 19.5 Å². The molecule has 7 heteroatoms. The normalized spacial score (nSPS) is 21.2. The van der Waals surface area contributed by atoms with E-state index in [9.17, 15) is 9.59 Å². The van der Waals surface area contributed by atoms with E-state index in [1.807, 2.05) is 5.38 Å². The molecule has 144 valence electrons. The zero-order valence-corrected chi connectivity index (χ0v) is 16.2. The molecule has 0 spiro atoms. The molecule has 1 amide bonds. The van der Waals surface area contributed by atoms with Crippen molar-refractivity contribution >= 4 is 28.2 Å². The Morgan fingerprint density at radius 3 is 2.81 bits per heavy atom. The minimum Gasteiger partial charge on any atom is -0.462 e. The van der Waals surface area contributed by atoms with Crippen molar-refractivity contribution in [3.8, 4) is 0 Å². The number of hydrogen-bond donors (Lipinski definition) is 1. The molecule has 1 aromatic heterocycles. The summed E-state index contributed by atoms with van der Waals surface area (Å²) in [4.78, 5) is 24.8. The summed E-state index contributed by atoms with van der Waals surface area (Å²) >= 11 is 1.38. The fourth-order valence-electron chi connectivity index (χ4n) is 3.05. The van der Waals surface area contributed by atoms with Crippen LogP contribution in [0.3, 0.4) is 0 Å². The van der Waals surface area contributed by atoms with E-state index in [-0.39, 0.29) is 18.0 Å². The maximum atomic E-state index is 12.5. The molecule has 1 aromatic rings. The molecule has 2 atom stereocenters. The SMILES string of the molecule is CCOC(=O)c1c(C2CC2)csc1NC(=O)C(C)OCC1CCCCO1. The van der Waals surface area contributed by atoms with Crippen molar-refractivity contribution in [3.63, 3.8) is 0 Å². The number of amides is 1. The Balaban J connectivity index is 1.60. The highest BCUT2D eigenvalue weighted by Crippen LogP contribution is 2.46. The van der Waals surface area contributed by atoms with Crippen LogP contribution in [-0.4, -0.2) is 43.9 Å². The Kier molecular flexibility index (Phi) is 6.67. The number of ether oxygens (including phenoxy) is 3. The highest BCUT2D eigenvalue weighted by Gasteiger charge is 2.32. The zero-order valence-electron chi connectivity index (χ0n) is 15.4. The molecule has 1 saturated heterocycles. The summed E-state index contributed by atoms with van der Waals surface area (Å²) < 4.78 is 16.5. The van der Waals surface area contributed by atoms with Gasteiger partial charge in [-0.05, 0) is 62.8 Å². The van der Waals surface area contributed by atoms with Crippen molar-refractivity contribution < 1.29 is 23.8 Å². The number of rotatable bonds is 8. The molecule has 1 aliphatic carbocycles. The lowest BCUT2D eigenvalue weighted by molar-refractivity contribution is -0.130. The van der Waals surface area contributed by atoms with Crippen molar-refractivity contribution in [2.45, 2.75) is 64.1 Å². The third-order valence-electron chi connectivity index (χ3n) is 4.73. The van der Waals surface area contributed by atoms with Crippen LogP contribution >= 0.6 is 11.3 Å². The first kappa shape index (κ1) is 19.3. The van der Waals surface area contributed by atoms with Gasteiger partial charge in [-0.3, -0.25) is 4.79 Å². The number of nitrogens with one attached hydrogen (secondary N) is 1. The van der Waals surface area contributed by atoms with Crippen molar-refractivity contribution in [2.24, 2.45) is 0 Å². The van der Waals surface area contributed by atoms with E-state index in [0.717, 1.165) is 44.3 Å². The van der Waals surface area contributed by atoms with E-state index in [4.69, 9.17) is 14.2 Å². The molecule has 1 saturated carbocycles. The Hall–Kier alpha value is -1.44. The van der Waals surface area contributed by atoms with Gasteiger partial charge in [0, 0.05) is 6.61 Å². The third-order valence-corrected chi connectivity index (χ3v) is 5.64. The molecule has 1 N–H and O–H groups in total. The highest BCUT2D eigenvalue weighted by atomic mass is 32.1. The van der Waals surface area contributed by atoms with Crippen LogP contribution in [0.1, 0.15) is 67.8 Å². The van der Waals surface area contributed by atoms with E-state index in [0.29, 0.717) is 29.7 Å². The molecule has 26 heavy (non-hydrogen) atoms. The molecule has 2 heterocycles. The molecule has 2 unspecified atom stereocenters. The number of carbonyl (C=O) groups excluding carboxylic acids is 2. The fraction of sp³-hybridized carbons (Fsp3) is 0.684. The highest BCUT2D eigenvalue weighted by molar-refractivity contribution is 7.15. The van der Waals surface area contributed by atoms with Gasteiger partial charge in [0.15, 0.2) is 0 Å². The van der Waals surface area contributed by atoms with Gasteiger partial charge >= 0.3 is 5.97 Å². The molecule has 6 nitrogen and oxygen atoms in total. The second-order valence-electron chi connectivity index (χ2n) is 6.84. The summed E-state index contributed by atoms with van der Waals surface area (Å²) in [5, 5.41) is 5.37. The second kappa shape index (κ2) is 8.97. The van der Waals surface area contributed by atoms with Crippen LogP contribution in [0.15, 0.2) is 5.38 Å². The number of carbonyl (C=O) groups is 2. The second-order valence-corrected chi connectivity index (χ2v) is 7.72. The van der Waals surface area contributed by atoms with E-state index in [2.05, 4.69) is 5.32 Å². The molecular weight excluding hydrogens is 354 g/mol. The van der Waals surface area contributed by atoms with Crippen molar-refractivity contribution in [1.29, 1.82) is 0 Å². The predicted molar refractivity (Wildman–Crippen MR) is 99.9 cm³/mol. The van der Waals surface area contributed by atoms with Gasteiger partial charge in [0.1, 0.15) is 11.1 Å². The predicted octanol–water partition coefficient (Wildman–Crippen LogP) is 3.71. The molecular formula is C19H27NO5S. The first-order valence-corrected chi connectivity index (χ1v) is 10.3. The van der Waals surface area contributed by atoms with Gasteiger partial charge in [0.25, 0.3) is 5.91 Å². The summed E-state index contributed by atoms with van der Waals surface area (Å²) in [5.41, 5.74) is 1.50. The molecule has 0 bridgehead atoms. The maximum Gasteiger partial charge on any atom is 0.341 e. The van der Waals surface area contributed by atoms with Gasteiger partial charge in [-0.15, -0.1) is 11.3 Å². The molecule has 2 aliphatic rings. The van der Waals surface area contributed by atoms with Crippen molar-refractivity contribution in [3.05, 3.63) is 16.5 Å². The van der Waals surface area contributed by atoms with Crippen LogP contribution in [-0.2, 0) is 19.0 Å². The topological polar surface area (TPSA) is 73.9 Å².